The molecule has 110 valence electrons. The third kappa shape index (κ3) is 3.35. The number of nitrogens with one attached hydrogen (secondary N) is 2. The van der Waals surface area contributed by atoms with Crippen molar-refractivity contribution >= 4 is 46.1 Å². The molecule has 0 aliphatic carbocycles. The Labute approximate surface area is 139 Å². The first kappa shape index (κ1) is 14.7. The maximum absolute atomic E-state index is 12.2. The van der Waals surface area contributed by atoms with Crippen LogP contribution in [0.5, 0.6) is 0 Å². The number of amides is 1. The summed E-state index contributed by atoms with van der Waals surface area (Å²) in [5.41, 5.74) is 0.474. The minimum atomic E-state index is -0.323. The van der Waals surface area contributed by atoms with E-state index >= 15 is 0 Å². The van der Waals surface area contributed by atoms with Gasteiger partial charge < -0.3 is 9.73 Å². The zero-order valence-electron chi connectivity index (χ0n) is 10.9. The monoisotopic (exact) mass is 418 g/mol. The number of aromatic nitrogens is 2. The number of rotatable bonds is 3. The first-order chi connectivity index (χ1) is 10.1. The van der Waals surface area contributed by atoms with Crippen LogP contribution < -0.4 is 10.6 Å². The van der Waals surface area contributed by atoms with Gasteiger partial charge in [-0.15, -0.1) is 5.10 Å². The van der Waals surface area contributed by atoms with Crippen LogP contribution in [0.4, 0.5) is 6.01 Å². The molecule has 0 radical (unpaired) electrons. The van der Waals surface area contributed by atoms with Gasteiger partial charge in [-0.1, -0.05) is 16.7 Å². The van der Waals surface area contributed by atoms with E-state index in [4.69, 9.17) is 16.0 Å². The summed E-state index contributed by atoms with van der Waals surface area (Å²) in [5.74, 6) is 0.181. The first-order valence-electron chi connectivity index (χ1n) is 6.46. The van der Waals surface area contributed by atoms with Gasteiger partial charge in [0, 0.05) is 8.59 Å². The average molecular weight is 419 g/mol. The topological polar surface area (TPSA) is 80.0 Å². The lowest BCUT2D eigenvalue weighted by Gasteiger charge is -2.04. The zero-order chi connectivity index (χ0) is 14.8. The second kappa shape index (κ2) is 6.29. The van der Waals surface area contributed by atoms with Crippen molar-refractivity contribution in [2.75, 3.05) is 11.9 Å². The van der Waals surface area contributed by atoms with E-state index in [0.29, 0.717) is 16.5 Å². The van der Waals surface area contributed by atoms with Crippen molar-refractivity contribution in [3.63, 3.8) is 0 Å². The third-order valence-electron chi connectivity index (χ3n) is 3.19. The van der Waals surface area contributed by atoms with E-state index < -0.39 is 0 Å². The third-order valence-corrected chi connectivity index (χ3v) is 4.37. The predicted octanol–water partition coefficient (Wildman–Crippen LogP) is 3.00. The predicted molar refractivity (Wildman–Crippen MR) is 86.4 cm³/mol. The Kier molecular flexibility index (Phi) is 4.41. The molecule has 1 atom stereocenters. The van der Waals surface area contributed by atoms with E-state index in [1.165, 1.54) is 0 Å². The second-order valence-corrected chi connectivity index (χ2v) is 6.27. The molecular formula is C13H12ClIN4O2. The Hall–Kier alpha value is -1.19. The van der Waals surface area contributed by atoms with Crippen molar-refractivity contribution in [2.45, 2.75) is 18.9 Å². The number of carbonyl (C=O) groups excluding carboxylic acids is 1. The number of carbonyl (C=O) groups is 1. The quantitative estimate of drug-likeness (QED) is 0.749. The Morgan fingerprint density at radius 1 is 1.48 bits per heavy atom. The Balaban J connectivity index is 1.74. The minimum absolute atomic E-state index is 0.0782. The molecule has 1 amide bonds. The summed E-state index contributed by atoms with van der Waals surface area (Å²) in [6, 6.07) is 5.29. The van der Waals surface area contributed by atoms with Gasteiger partial charge in [0.05, 0.1) is 11.6 Å². The summed E-state index contributed by atoms with van der Waals surface area (Å²) < 4.78 is 6.28. The lowest BCUT2D eigenvalue weighted by Crippen LogP contribution is -2.14. The minimum Gasteiger partial charge on any atom is -0.406 e. The van der Waals surface area contributed by atoms with Crippen LogP contribution in [-0.2, 0) is 0 Å². The van der Waals surface area contributed by atoms with Gasteiger partial charge in [-0.2, -0.15) is 0 Å². The standard InChI is InChI=1S/C13H12ClIN4O2/c14-7-3-4-9(15)8(6-7)11(20)17-13-19-18-12(21-13)10-2-1-5-16-10/h3-4,6,10,16H,1-2,5H2,(H,17,19,20). The molecule has 1 aromatic heterocycles. The normalized spacial score (nSPS) is 17.9. The van der Waals surface area contributed by atoms with Gasteiger partial charge >= 0.3 is 6.01 Å². The highest BCUT2D eigenvalue weighted by molar-refractivity contribution is 14.1. The fourth-order valence-electron chi connectivity index (χ4n) is 2.16. The Bertz CT molecular complexity index is 670. The summed E-state index contributed by atoms with van der Waals surface area (Å²) in [6.07, 6.45) is 2.04. The van der Waals surface area contributed by atoms with Crippen LogP contribution in [0.1, 0.15) is 35.1 Å². The summed E-state index contributed by atoms with van der Waals surface area (Å²) in [6.45, 7) is 0.940. The van der Waals surface area contributed by atoms with Gasteiger partial charge in [0.1, 0.15) is 0 Å². The van der Waals surface area contributed by atoms with E-state index in [2.05, 4.69) is 43.4 Å². The second-order valence-electron chi connectivity index (χ2n) is 4.67. The molecule has 1 unspecified atom stereocenters. The van der Waals surface area contributed by atoms with Crippen LogP contribution in [0.25, 0.3) is 0 Å². The molecule has 2 heterocycles. The number of anilines is 1. The highest BCUT2D eigenvalue weighted by atomic mass is 127. The number of hydrogen-bond acceptors (Lipinski definition) is 5. The molecular weight excluding hydrogens is 407 g/mol. The van der Waals surface area contributed by atoms with Gasteiger partial charge in [-0.25, -0.2) is 0 Å². The molecule has 6 nitrogen and oxygen atoms in total. The number of halogens is 2. The van der Waals surface area contributed by atoms with E-state index in [0.717, 1.165) is 23.0 Å². The van der Waals surface area contributed by atoms with Gasteiger partial charge in [-0.05, 0) is 60.2 Å². The van der Waals surface area contributed by atoms with Crippen molar-refractivity contribution in [3.05, 3.63) is 38.2 Å². The first-order valence-corrected chi connectivity index (χ1v) is 7.92. The van der Waals surface area contributed by atoms with Crippen LogP contribution in [0.3, 0.4) is 0 Å². The van der Waals surface area contributed by atoms with E-state index in [1.54, 1.807) is 18.2 Å². The van der Waals surface area contributed by atoms with Gasteiger partial charge in [-0.3, -0.25) is 10.1 Å². The van der Waals surface area contributed by atoms with Crippen molar-refractivity contribution in [1.29, 1.82) is 0 Å². The number of hydrogen-bond donors (Lipinski definition) is 2. The van der Waals surface area contributed by atoms with Crippen molar-refractivity contribution in [3.8, 4) is 0 Å². The number of benzene rings is 1. The molecule has 3 rings (SSSR count). The average Bonchev–Trinajstić information content (AvgIpc) is 3.11. The van der Waals surface area contributed by atoms with Crippen LogP contribution in [0, 0.1) is 3.57 Å². The molecule has 1 aliphatic rings. The van der Waals surface area contributed by atoms with Gasteiger partial charge in [0.25, 0.3) is 5.91 Å². The van der Waals surface area contributed by atoms with E-state index in [-0.39, 0.29) is 18.0 Å². The molecule has 0 spiro atoms. The fourth-order valence-corrected chi connectivity index (χ4v) is 2.91. The molecule has 1 saturated heterocycles. The molecule has 1 aromatic carbocycles. The summed E-state index contributed by atoms with van der Waals surface area (Å²) in [5, 5.41) is 14.2. The van der Waals surface area contributed by atoms with E-state index in [9.17, 15) is 4.79 Å². The van der Waals surface area contributed by atoms with Crippen molar-refractivity contribution in [2.24, 2.45) is 0 Å². The van der Waals surface area contributed by atoms with Crippen molar-refractivity contribution < 1.29 is 9.21 Å². The smallest absolute Gasteiger partial charge is 0.322 e. The van der Waals surface area contributed by atoms with Gasteiger partial charge in [0.15, 0.2) is 0 Å². The van der Waals surface area contributed by atoms with Crippen LogP contribution in [0.15, 0.2) is 22.6 Å². The summed E-state index contributed by atoms with van der Waals surface area (Å²) >= 11 is 7.99. The molecule has 1 aliphatic heterocycles. The Morgan fingerprint density at radius 3 is 3.10 bits per heavy atom. The molecule has 8 heteroatoms. The lowest BCUT2D eigenvalue weighted by molar-refractivity contribution is 0.102. The SMILES string of the molecule is O=C(Nc1nnc(C2CCCN2)o1)c1cc(Cl)ccc1I. The molecule has 1 fully saturated rings. The zero-order valence-corrected chi connectivity index (χ0v) is 13.8. The highest BCUT2D eigenvalue weighted by Gasteiger charge is 2.23. The molecule has 2 N–H and O–H groups in total. The molecule has 0 bridgehead atoms. The van der Waals surface area contributed by atoms with Crippen LogP contribution in [0.2, 0.25) is 5.02 Å². The maximum Gasteiger partial charge on any atom is 0.322 e. The summed E-state index contributed by atoms with van der Waals surface area (Å²) in [7, 11) is 0. The maximum atomic E-state index is 12.2. The Morgan fingerprint density at radius 2 is 2.33 bits per heavy atom. The largest absolute Gasteiger partial charge is 0.406 e. The summed E-state index contributed by atoms with van der Waals surface area (Å²) in [4.78, 5) is 12.2. The molecule has 21 heavy (non-hydrogen) atoms. The lowest BCUT2D eigenvalue weighted by atomic mass is 10.2. The highest BCUT2D eigenvalue weighted by Crippen LogP contribution is 2.23. The molecule has 0 saturated carbocycles. The fraction of sp³-hybridized carbons (Fsp3) is 0.308. The van der Waals surface area contributed by atoms with Crippen LogP contribution in [-0.4, -0.2) is 22.6 Å². The number of nitrogens with zero attached hydrogens (tertiary/aromatic N) is 2. The van der Waals surface area contributed by atoms with Crippen LogP contribution >= 0.6 is 34.2 Å². The van der Waals surface area contributed by atoms with Gasteiger partial charge in [0.2, 0.25) is 5.89 Å². The molecule has 2 aromatic rings. The van der Waals surface area contributed by atoms with Crippen molar-refractivity contribution in [1.82, 2.24) is 15.5 Å². The van der Waals surface area contributed by atoms with E-state index in [1.807, 2.05) is 0 Å².